The molecule has 1 aromatic carbocycles. The van der Waals surface area contributed by atoms with E-state index < -0.39 is 0 Å². The highest BCUT2D eigenvalue weighted by atomic mass is 15.2. The van der Waals surface area contributed by atoms with Crippen molar-refractivity contribution >= 4 is 0 Å². The SMILES string of the molecule is CCCNC(C)C1CCCCN1Cc1ccccc1C. The lowest BCUT2D eigenvalue weighted by Crippen LogP contribution is -2.50. The number of aryl methyl sites for hydroxylation is 1. The molecule has 0 spiro atoms. The smallest absolute Gasteiger partial charge is 0.0250 e. The van der Waals surface area contributed by atoms with Gasteiger partial charge in [0.25, 0.3) is 0 Å². The Labute approximate surface area is 124 Å². The lowest BCUT2D eigenvalue weighted by molar-refractivity contribution is 0.111. The van der Waals surface area contributed by atoms with Crippen LogP contribution in [0.25, 0.3) is 0 Å². The van der Waals surface area contributed by atoms with Gasteiger partial charge >= 0.3 is 0 Å². The van der Waals surface area contributed by atoms with Crippen molar-refractivity contribution < 1.29 is 0 Å². The van der Waals surface area contributed by atoms with Crippen molar-refractivity contribution in [2.45, 2.75) is 65.1 Å². The maximum absolute atomic E-state index is 3.69. The van der Waals surface area contributed by atoms with Gasteiger partial charge in [0.05, 0.1) is 0 Å². The van der Waals surface area contributed by atoms with Crippen LogP contribution in [-0.4, -0.2) is 30.1 Å². The molecule has 1 heterocycles. The summed E-state index contributed by atoms with van der Waals surface area (Å²) >= 11 is 0. The third-order valence-electron chi connectivity index (χ3n) is 4.59. The Balaban J connectivity index is 2.01. The molecule has 0 radical (unpaired) electrons. The lowest BCUT2D eigenvalue weighted by atomic mass is 9.95. The number of rotatable bonds is 6. The molecule has 1 N–H and O–H groups in total. The van der Waals surface area contributed by atoms with Crippen molar-refractivity contribution in [3.05, 3.63) is 35.4 Å². The second-order valence-corrected chi connectivity index (χ2v) is 6.20. The van der Waals surface area contributed by atoms with E-state index in [-0.39, 0.29) is 0 Å². The number of nitrogens with one attached hydrogen (secondary N) is 1. The normalized spacial score (nSPS) is 21.9. The third-order valence-corrected chi connectivity index (χ3v) is 4.59. The van der Waals surface area contributed by atoms with Crippen LogP contribution in [0.5, 0.6) is 0 Å². The fraction of sp³-hybridized carbons (Fsp3) is 0.667. The van der Waals surface area contributed by atoms with E-state index in [2.05, 4.69) is 55.3 Å². The largest absolute Gasteiger partial charge is 0.313 e. The highest BCUT2D eigenvalue weighted by Crippen LogP contribution is 2.23. The molecule has 2 rings (SSSR count). The first kappa shape index (κ1) is 15.5. The van der Waals surface area contributed by atoms with E-state index in [0.29, 0.717) is 12.1 Å². The van der Waals surface area contributed by atoms with Crippen molar-refractivity contribution in [3.8, 4) is 0 Å². The second-order valence-electron chi connectivity index (χ2n) is 6.20. The first-order valence-corrected chi connectivity index (χ1v) is 8.24. The monoisotopic (exact) mass is 274 g/mol. The molecular weight excluding hydrogens is 244 g/mol. The van der Waals surface area contributed by atoms with Gasteiger partial charge in [-0.1, -0.05) is 37.6 Å². The van der Waals surface area contributed by atoms with E-state index in [1.165, 1.54) is 43.4 Å². The van der Waals surface area contributed by atoms with Crippen molar-refractivity contribution in [2.24, 2.45) is 0 Å². The lowest BCUT2D eigenvalue weighted by Gasteiger charge is -2.40. The molecule has 0 saturated carbocycles. The Morgan fingerprint density at radius 2 is 2.10 bits per heavy atom. The molecule has 1 aliphatic rings. The van der Waals surface area contributed by atoms with Crippen LogP contribution in [-0.2, 0) is 6.54 Å². The van der Waals surface area contributed by atoms with Crippen LogP contribution < -0.4 is 5.32 Å². The summed E-state index contributed by atoms with van der Waals surface area (Å²) in [5.41, 5.74) is 2.91. The fourth-order valence-corrected chi connectivity index (χ4v) is 3.29. The van der Waals surface area contributed by atoms with Gasteiger partial charge in [0, 0.05) is 18.6 Å². The van der Waals surface area contributed by atoms with Crippen LogP contribution in [0.1, 0.15) is 50.7 Å². The average molecular weight is 274 g/mol. The van der Waals surface area contributed by atoms with Gasteiger partial charge in [0.2, 0.25) is 0 Å². The number of benzene rings is 1. The van der Waals surface area contributed by atoms with Gasteiger partial charge in [-0.25, -0.2) is 0 Å². The van der Waals surface area contributed by atoms with Gasteiger partial charge in [0.1, 0.15) is 0 Å². The summed E-state index contributed by atoms with van der Waals surface area (Å²) < 4.78 is 0. The first-order chi connectivity index (χ1) is 9.72. The molecule has 20 heavy (non-hydrogen) atoms. The zero-order chi connectivity index (χ0) is 14.4. The van der Waals surface area contributed by atoms with Gasteiger partial charge in [-0.05, 0) is 57.3 Å². The van der Waals surface area contributed by atoms with Gasteiger partial charge in [-0.3, -0.25) is 4.90 Å². The van der Waals surface area contributed by atoms with E-state index in [9.17, 15) is 0 Å². The minimum atomic E-state index is 0.597. The van der Waals surface area contributed by atoms with Crippen molar-refractivity contribution in [2.75, 3.05) is 13.1 Å². The standard InChI is InChI=1S/C18H30N2/c1-4-12-19-16(3)18-11-7-8-13-20(18)14-17-10-6-5-9-15(17)2/h5-6,9-10,16,18-19H,4,7-8,11-14H2,1-3H3. The van der Waals surface area contributed by atoms with E-state index in [4.69, 9.17) is 0 Å². The summed E-state index contributed by atoms with van der Waals surface area (Å²) in [6, 6.07) is 10.1. The van der Waals surface area contributed by atoms with Crippen LogP contribution in [0.15, 0.2) is 24.3 Å². The average Bonchev–Trinajstić information content (AvgIpc) is 2.48. The quantitative estimate of drug-likeness (QED) is 0.850. The number of piperidine rings is 1. The molecule has 1 saturated heterocycles. The van der Waals surface area contributed by atoms with Gasteiger partial charge in [0.15, 0.2) is 0 Å². The molecule has 1 fully saturated rings. The number of likely N-dealkylation sites (tertiary alicyclic amines) is 1. The topological polar surface area (TPSA) is 15.3 Å². The highest BCUT2D eigenvalue weighted by Gasteiger charge is 2.27. The Morgan fingerprint density at radius 1 is 1.30 bits per heavy atom. The van der Waals surface area contributed by atoms with Gasteiger partial charge < -0.3 is 5.32 Å². The van der Waals surface area contributed by atoms with Crippen molar-refractivity contribution in [1.29, 1.82) is 0 Å². The van der Waals surface area contributed by atoms with E-state index in [0.717, 1.165) is 13.1 Å². The molecule has 1 aromatic rings. The van der Waals surface area contributed by atoms with E-state index in [1.807, 2.05) is 0 Å². The molecule has 2 atom stereocenters. The predicted molar refractivity (Wildman–Crippen MR) is 87.0 cm³/mol. The molecule has 0 aliphatic carbocycles. The summed E-state index contributed by atoms with van der Waals surface area (Å²) in [5.74, 6) is 0. The van der Waals surface area contributed by atoms with Crippen LogP contribution in [0.4, 0.5) is 0 Å². The third kappa shape index (κ3) is 4.07. The van der Waals surface area contributed by atoms with Gasteiger partial charge in [-0.15, -0.1) is 0 Å². The molecule has 2 heteroatoms. The van der Waals surface area contributed by atoms with Gasteiger partial charge in [-0.2, -0.15) is 0 Å². The summed E-state index contributed by atoms with van der Waals surface area (Å²) in [7, 11) is 0. The molecule has 0 aromatic heterocycles. The summed E-state index contributed by atoms with van der Waals surface area (Å²) in [6.45, 7) is 10.3. The molecule has 0 bridgehead atoms. The molecule has 2 nitrogen and oxygen atoms in total. The van der Waals surface area contributed by atoms with Crippen molar-refractivity contribution in [1.82, 2.24) is 10.2 Å². The Hall–Kier alpha value is -0.860. The number of hydrogen-bond acceptors (Lipinski definition) is 2. The molecule has 112 valence electrons. The van der Waals surface area contributed by atoms with E-state index >= 15 is 0 Å². The predicted octanol–water partition coefficient (Wildman–Crippen LogP) is 3.74. The Morgan fingerprint density at radius 3 is 2.85 bits per heavy atom. The number of hydrogen-bond donors (Lipinski definition) is 1. The zero-order valence-corrected chi connectivity index (χ0v) is 13.4. The second kappa shape index (κ2) is 7.80. The summed E-state index contributed by atoms with van der Waals surface area (Å²) in [4.78, 5) is 2.69. The minimum absolute atomic E-state index is 0.597. The van der Waals surface area contributed by atoms with Crippen LogP contribution in [0, 0.1) is 6.92 Å². The first-order valence-electron chi connectivity index (χ1n) is 8.24. The molecule has 2 unspecified atom stereocenters. The molecule has 0 amide bonds. The van der Waals surface area contributed by atoms with Crippen LogP contribution in [0.2, 0.25) is 0 Å². The fourth-order valence-electron chi connectivity index (χ4n) is 3.29. The number of nitrogens with zero attached hydrogens (tertiary/aromatic N) is 1. The summed E-state index contributed by atoms with van der Waals surface area (Å²) in [6.07, 6.45) is 5.29. The molecular formula is C18H30N2. The van der Waals surface area contributed by atoms with Crippen LogP contribution in [0.3, 0.4) is 0 Å². The summed E-state index contributed by atoms with van der Waals surface area (Å²) in [5, 5.41) is 3.69. The Bertz CT molecular complexity index is 402. The zero-order valence-electron chi connectivity index (χ0n) is 13.4. The maximum Gasteiger partial charge on any atom is 0.0250 e. The minimum Gasteiger partial charge on any atom is -0.313 e. The highest BCUT2D eigenvalue weighted by molar-refractivity contribution is 5.25. The van der Waals surface area contributed by atoms with Crippen LogP contribution >= 0.6 is 0 Å². The molecule has 1 aliphatic heterocycles. The van der Waals surface area contributed by atoms with E-state index in [1.54, 1.807) is 0 Å². The maximum atomic E-state index is 3.69. The van der Waals surface area contributed by atoms with Crippen molar-refractivity contribution in [3.63, 3.8) is 0 Å². The Kier molecular flexibility index (Phi) is 6.06.